The third-order valence-electron chi connectivity index (χ3n) is 7.51. The highest BCUT2D eigenvalue weighted by Gasteiger charge is 2.36. The lowest BCUT2D eigenvalue weighted by Gasteiger charge is -2.44. The molecule has 1 amide bonds. The van der Waals surface area contributed by atoms with Gasteiger partial charge in [0.05, 0.1) is 4.70 Å². The number of carbonyl (C=O) groups is 1. The van der Waals surface area contributed by atoms with E-state index < -0.39 is 0 Å². The Balaban J connectivity index is 1.17. The predicted octanol–water partition coefficient (Wildman–Crippen LogP) is 2.59. The molecule has 6 fully saturated rings. The first-order valence-corrected chi connectivity index (χ1v) is 11.8. The maximum Gasteiger partial charge on any atom is 0.271 e. The Morgan fingerprint density at radius 1 is 1.03 bits per heavy atom. The van der Waals surface area contributed by atoms with Crippen molar-refractivity contribution in [2.75, 3.05) is 39.3 Å². The third kappa shape index (κ3) is 3.33. The zero-order valence-corrected chi connectivity index (χ0v) is 17.5. The highest BCUT2D eigenvalue weighted by molar-refractivity contribution is 7.13. The molecule has 8 rings (SSSR count). The number of nitrogens with one attached hydrogen (secondary N) is 1. The molecular formula is C22H28N4O2S. The van der Waals surface area contributed by atoms with Crippen LogP contribution in [0.15, 0.2) is 18.2 Å². The SMILES string of the molecule is O=C(N[C@H]1CN2CCC1CC2)c1nsc2cc(OC3CN4CCC3CC4)ccc12. The number of ether oxygens (including phenoxy) is 1. The Morgan fingerprint density at radius 2 is 1.76 bits per heavy atom. The number of piperidine rings is 6. The molecule has 6 aliphatic heterocycles. The van der Waals surface area contributed by atoms with E-state index in [-0.39, 0.29) is 11.9 Å². The summed E-state index contributed by atoms with van der Waals surface area (Å²) in [6.07, 6.45) is 5.18. The molecular weight excluding hydrogens is 384 g/mol. The van der Waals surface area contributed by atoms with Crippen LogP contribution < -0.4 is 10.1 Å². The van der Waals surface area contributed by atoms with Crippen LogP contribution in [0.1, 0.15) is 36.2 Å². The van der Waals surface area contributed by atoms with Crippen LogP contribution in [0.4, 0.5) is 0 Å². The third-order valence-corrected chi connectivity index (χ3v) is 8.32. The van der Waals surface area contributed by atoms with Crippen LogP contribution in [-0.2, 0) is 0 Å². The Bertz CT molecular complexity index is 915. The van der Waals surface area contributed by atoms with Gasteiger partial charge in [-0.05, 0) is 93.4 Å². The molecule has 0 aliphatic carbocycles. The normalized spacial score (nSPS) is 35.7. The zero-order chi connectivity index (χ0) is 19.4. The highest BCUT2D eigenvalue weighted by atomic mass is 32.1. The van der Waals surface area contributed by atoms with Crippen molar-refractivity contribution in [2.24, 2.45) is 11.8 Å². The maximum atomic E-state index is 12.9. The zero-order valence-electron chi connectivity index (χ0n) is 16.7. The number of hydrogen-bond donors (Lipinski definition) is 1. The molecule has 6 nitrogen and oxygen atoms in total. The minimum atomic E-state index is -0.0268. The number of rotatable bonds is 4. The van der Waals surface area contributed by atoms with Crippen molar-refractivity contribution in [1.29, 1.82) is 0 Å². The summed E-state index contributed by atoms with van der Waals surface area (Å²) in [6.45, 7) is 6.82. The number of carbonyl (C=O) groups excluding carboxylic acids is 1. The second-order valence-electron chi connectivity index (χ2n) is 9.20. The lowest BCUT2D eigenvalue weighted by Crippen LogP contribution is -2.57. The molecule has 1 aromatic carbocycles. The van der Waals surface area contributed by atoms with Gasteiger partial charge in [-0.2, -0.15) is 4.37 Å². The second kappa shape index (κ2) is 7.22. The van der Waals surface area contributed by atoms with Crippen LogP contribution in [0.25, 0.3) is 10.1 Å². The van der Waals surface area contributed by atoms with Crippen molar-refractivity contribution in [3.05, 3.63) is 23.9 Å². The lowest BCUT2D eigenvalue weighted by atomic mass is 9.84. The fourth-order valence-electron chi connectivity index (χ4n) is 5.74. The molecule has 0 saturated carbocycles. The van der Waals surface area contributed by atoms with Gasteiger partial charge in [0.25, 0.3) is 5.91 Å². The van der Waals surface area contributed by atoms with Crippen LogP contribution in [0.2, 0.25) is 0 Å². The Labute approximate surface area is 175 Å². The fraction of sp³-hybridized carbons (Fsp3) is 0.636. The summed E-state index contributed by atoms with van der Waals surface area (Å²) >= 11 is 1.40. The number of nitrogens with zero attached hydrogens (tertiary/aromatic N) is 3. The molecule has 1 aromatic heterocycles. The number of amides is 1. The predicted molar refractivity (Wildman–Crippen MR) is 114 cm³/mol. The topological polar surface area (TPSA) is 57.7 Å². The van der Waals surface area contributed by atoms with Crippen LogP contribution in [0.3, 0.4) is 0 Å². The van der Waals surface area contributed by atoms with E-state index in [0.29, 0.717) is 23.6 Å². The summed E-state index contributed by atoms with van der Waals surface area (Å²) in [5.41, 5.74) is 0.566. The first kappa shape index (κ1) is 18.1. The highest BCUT2D eigenvalue weighted by Crippen LogP contribution is 2.33. The van der Waals surface area contributed by atoms with Gasteiger partial charge < -0.3 is 15.0 Å². The average molecular weight is 413 g/mol. The molecule has 0 spiro atoms. The minimum absolute atomic E-state index is 0.0268. The molecule has 29 heavy (non-hydrogen) atoms. The first-order valence-electron chi connectivity index (χ1n) is 11.0. The van der Waals surface area contributed by atoms with Crippen molar-refractivity contribution in [3.8, 4) is 5.75 Å². The molecule has 1 unspecified atom stereocenters. The molecule has 154 valence electrons. The van der Waals surface area contributed by atoms with Crippen LogP contribution >= 0.6 is 11.5 Å². The van der Waals surface area contributed by atoms with Crippen LogP contribution in [0.5, 0.6) is 5.75 Å². The molecule has 1 N–H and O–H groups in total. The standard InChI is InChI=1S/C22H28N4O2S/c27-22(23-18-12-25-7-3-14(18)4-8-25)21-17-2-1-16(11-20(17)29-24-21)28-19-13-26-9-5-15(19)6-10-26/h1-2,11,14-15,18-19H,3-10,12-13H2,(H,23,27)/t18-,19?/m0/s1. The van der Waals surface area contributed by atoms with E-state index in [0.717, 1.165) is 28.9 Å². The lowest BCUT2D eigenvalue weighted by molar-refractivity contribution is -0.00768. The molecule has 6 aliphatic rings. The average Bonchev–Trinajstić information content (AvgIpc) is 3.19. The van der Waals surface area contributed by atoms with E-state index in [1.165, 1.54) is 63.4 Å². The fourth-order valence-corrected chi connectivity index (χ4v) is 6.54. The Morgan fingerprint density at radius 3 is 2.41 bits per heavy atom. The molecule has 2 aromatic rings. The quantitative estimate of drug-likeness (QED) is 0.837. The van der Waals surface area contributed by atoms with Gasteiger partial charge in [-0.15, -0.1) is 0 Å². The van der Waals surface area contributed by atoms with Crippen molar-refractivity contribution in [3.63, 3.8) is 0 Å². The maximum absolute atomic E-state index is 12.9. The van der Waals surface area contributed by atoms with Gasteiger partial charge in [-0.3, -0.25) is 9.69 Å². The van der Waals surface area contributed by atoms with E-state index in [2.05, 4.69) is 25.6 Å². The van der Waals surface area contributed by atoms with Gasteiger partial charge in [0.1, 0.15) is 17.5 Å². The summed E-state index contributed by atoms with van der Waals surface area (Å²) < 4.78 is 11.9. The number of fused-ring (bicyclic) bond motifs is 7. The summed E-state index contributed by atoms with van der Waals surface area (Å²) in [5.74, 6) is 2.18. The van der Waals surface area contributed by atoms with Crippen molar-refractivity contribution < 1.29 is 9.53 Å². The molecule has 6 saturated heterocycles. The Hall–Kier alpha value is -1.70. The first-order chi connectivity index (χ1) is 14.2. The molecule has 4 bridgehead atoms. The summed E-state index contributed by atoms with van der Waals surface area (Å²) in [4.78, 5) is 17.9. The van der Waals surface area contributed by atoms with Crippen molar-refractivity contribution >= 4 is 27.5 Å². The Kier molecular flexibility index (Phi) is 4.50. The van der Waals surface area contributed by atoms with Crippen LogP contribution in [-0.4, -0.2) is 71.5 Å². The van der Waals surface area contributed by atoms with Crippen molar-refractivity contribution in [1.82, 2.24) is 19.5 Å². The molecule has 0 radical (unpaired) electrons. The monoisotopic (exact) mass is 412 g/mol. The van der Waals surface area contributed by atoms with E-state index in [9.17, 15) is 4.79 Å². The molecule has 7 heteroatoms. The van der Waals surface area contributed by atoms with E-state index >= 15 is 0 Å². The summed E-state index contributed by atoms with van der Waals surface area (Å²) in [6, 6.07) is 6.36. The van der Waals surface area contributed by atoms with Crippen molar-refractivity contribution in [2.45, 2.75) is 37.8 Å². The van der Waals surface area contributed by atoms with E-state index in [1.807, 2.05) is 12.1 Å². The smallest absolute Gasteiger partial charge is 0.271 e. The number of benzene rings is 1. The van der Waals surface area contributed by atoms with Gasteiger partial charge in [-0.25, -0.2) is 0 Å². The van der Waals surface area contributed by atoms with Crippen LogP contribution in [0, 0.1) is 11.8 Å². The molecule has 2 atom stereocenters. The van der Waals surface area contributed by atoms with Gasteiger partial charge >= 0.3 is 0 Å². The number of hydrogen-bond acceptors (Lipinski definition) is 6. The summed E-state index contributed by atoms with van der Waals surface area (Å²) in [5, 5.41) is 4.21. The van der Waals surface area contributed by atoms with Gasteiger partial charge in [-0.1, -0.05) is 0 Å². The van der Waals surface area contributed by atoms with Gasteiger partial charge in [0.15, 0.2) is 0 Å². The second-order valence-corrected chi connectivity index (χ2v) is 10.0. The molecule has 7 heterocycles. The van der Waals surface area contributed by atoms with Gasteiger partial charge in [0.2, 0.25) is 0 Å². The number of aromatic nitrogens is 1. The largest absolute Gasteiger partial charge is 0.489 e. The summed E-state index contributed by atoms with van der Waals surface area (Å²) in [7, 11) is 0. The minimum Gasteiger partial charge on any atom is -0.489 e. The van der Waals surface area contributed by atoms with Gasteiger partial charge in [0, 0.05) is 24.5 Å². The van der Waals surface area contributed by atoms with E-state index in [4.69, 9.17) is 4.74 Å². The van der Waals surface area contributed by atoms with E-state index in [1.54, 1.807) is 0 Å².